The first-order valence-corrected chi connectivity index (χ1v) is 8.83. The second-order valence-electron chi connectivity index (χ2n) is 7.21. The summed E-state index contributed by atoms with van der Waals surface area (Å²) in [7, 11) is 2.27. The van der Waals surface area contributed by atoms with Gasteiger partial charge in [0, 0.05) is 29.1 Å². The summed E-state index contributed by atoms with van der Waals surface area (Å²) in [4.78, 5) is 2.56. The average Bonchev–Trinajstić information content (AvgIpc) is 3.03. The number of benzene rings is 1. The Morgan fingerprint density at radius 1 is 1.22 bits per heavy atom. The Labute approximate surface area is 142 Å². The lowest BCUT2D eigenvalue weighted by Gasteiger charge is -2.42. The third-order valence-corrected chi connectivity index (χ3v) is 6.28. The lowest BCUT2D eigenvalue weighted by atomic mass is 9.74. The van der Waals surface area contributed by atoms with Crippen molar-refractivity contribution in [1.29, 1.82) is 0 Å². The van der Waals surface area contributed by atoms with Gasteiger partial charge < -0.3 is 4.52 Å². The molecule has 2 aliphatic heterocycles. The minimum atomic E-state index is 0.375. The van der Waals surface area contributed by atoms with Crippen LogP contribution in [-0.4, -0.2) is 29.2 Å². The van der Waals surface area contributed by atoms with Crippen LogP contribution in [0.5, 0.6) is 0 Å². The summed E-state index contributed by atoms with van der Waals surface area (Å²) in [5.74, 6) is 1.89. The summed E-state index contributed by atoms with van der Waals surface area (Å²) in [6.45, 7) is 4.08. The summed E-state index contributed by atoms with van der Waals surface area (Å²) in [5, 5.41) is 4.99. The monoisotopic (exact) mass is 330 g/mol. The highest BCUT2D eigenvalue weighted by molar-refractivity contribution is 6.31. The maximum Gasteiger partial charge on any atom is 0.142 e. The summed E-state index contributed by atoms with van der Waals surface area (Å²) in [6.07, 6.45) is 3.71. The third kappa shape index (κ3) is 2.50. The van der Waals surface area contributed by atoms with Crippen molar-refractivity contribution in [2.24, 2.45) is 0 Å². The van der Waals surface area contributed by atoms with Crippen LogP contribution in [0, 0.1) is 13.8 Å². The van der Waals surface area contributed by atoms with Gasteiger partial charge in [-0.15, -0.1) is 0 Å². The van der Waals surface area contributed by atoms with Gasteiger partial charge in [0.15, 0.2) is 0 Å². The van der Waals surface area contributed by atoms with E-state index in [9.17, 15) is 0 Å². The van der Waals surface area contributed by atoms with Crippen LogP contribution in [0.15, 0.2) is 28.8 Å². The number of fused-ring (bicyclic) bond motifs is 2. The number of likely N-dealkylation sites (N-methyl/N-ethyl adjacent to an activating group) is 1. The van der Waals surface area contributed by atoms with Crippen LogP contribution in [0.4, 0.5) is 0 Å². The molecule has 0 aliphatic carbocycles. The molecule has 23 heavy (non-hydrogen) atoms. The van der Waals surface area contributed by atoms with Gasteiger partial charge in [-0.25, -0.2) is 0 Å². The first-order chi connectivity index (χ1) is 11.0. The van der Waals surface area contributed by atoms with Gasteiger partial charge in [-0.05, 0) is 63.3 Å². The first kappa shape index (κ1) is 15.2. The molecule has 2 unspecified atom stereocenters. The van der Waals surface area contributed by atoms with Crippen LogP contribution in [0.3, 0.4) is 0 Å². The molecule has 2 aromatic rings. The van der Waals surface area contributed by atoms with Gasteiger partial charge in [0.1, 0.15) is 5.76 Å². The van der Waals surface area contributed by atoms with E-state index in [-0.39, 0.29) is 0 Å². The Kier molecular flexibility index (Phi) is 3.73. The minimum absolute atomic E-state index is 0.375. The van der Waals surface area contributed by atoms with E-state index in [2.05, 4.69) is 42.2 Å². The Morgan fingerprint density at radius 3 is 2.74 bits per heavy atom. The summed E-state index contributed by atoms with van der Waals surface area (Å²) < 4.78 is 5.71. The van der Waals surface area contributed by atoms with Crippen LogP contribution in [-0.2, 0) is 0 Å². The van der Waals surface area contributed by atoms with E-state index in [1.165, 1.54) is 24.8 Å². The first-order valence-electron chi connectivity index (χ1n) is 8.46. The zero-order valence-corrected chi connectivity index (χ0v) is 14.7. The molecule has 4 atom stereocenters. The van der Waals surface area contributed by atoms with E-state index >= 15 is 0 Å². The van der Waals surface area contributed by atoms with Gasteiger partial charge in [0.25, 0.3) is 0 Å². The number of piperidine rings is 1. The van der Waals surface area contributed by atoms with Crippen LogP contribution in [0.25, 0.3) is 0 Å². The standard InChI is InChI=1S/C19H23ClN2O/c1-11-8-13(4-6-16(11)20)15-10-14-5-7-17(22(14)3)19(15)18-9-12(2)21-23-18/h4,6,8-9,14-15,17,19H,5,7,10H2,1-3H3/t14-,15?,17?,19+/m1/s1. The lowest BCUT2D eigenvalue weighted by molar-refractivity contribution is 0.122. The molecule has 1 aromatic carbocycles. The van der Waals surface area contributed by atoms with Crippen molar-refractivity contribution in [3.8, 4) is 0 Å². The molecule has 0 N–H and O–H groups in total. The molecule has 3 nitrogen and oxygen atoms in total. The molecule has 3 heterocycles. The van der Waals surface area contributed by atoms with E-state index < -0.39 is 0 Å². The van der Waals surface area contributed by atoms with Crippen molar-refractivity contribution < 1.29 is 4.52 Å². The smallest absolute Gasteiger partial charge is 0.142 e. The van der Waals surface area contributed by atoms with E-state index in [4.69, 9.17) is 16.1 Å². The maximum absolute atomic E-state index is 6.23. The van der Waals surface area contributed by atoms with Crippen LogP contribution in [0.1, 0.15) is 53.7 Å². The number of rotatable bonds is 2. The van der Waals surface area contributed by atoms with Crippen molar-refractivity contribution in [2.45, 2.75) is 57.0 Å². The predicted molar refractivity (Wildman–Crippen MR) is 92.1 cm³/mol. The predicted octanol–water partition coefficient (Wildman–Crippen LogP) is 4.68. The number of aryl methyl sites for hydroxylation is 2. The highest BCUT2D eigenvalue weighted by Gasteiger charge is 2.48. The highest BCUT2D eigenvalue weighted by atomic mass is 35.5. The molecule has 122 valence electrons. The molecule has 0 amide bonds. The van der Waals surface area contributed by atoms with Gasteiger partial charge >= 0.3 is 0 Å². The molecule has 0 saturated carbocycles. The second kappa shape index (κ2) is 5.64. The molecule has 0 radical (unpaired) electrons. The van der Waals surface area contributed by atoms with E-state index in [1.54, 1.807) is 0 Å². The van der Waals surface area contributed by atoms with Gasteiger partial charge in [-0.2, -0.15) is 0 Å². The number of hydrogen-bond acceptors (Lipinski definition) is 3. The minimum Gasteiger partial charge on any atom is -0.361 e. The Balaban J connectivity index is 1.77. The van der Waals surface area contributed by atoms with Crippen molar-refractivity contribution in [3.05, 3.63) is 51.9 Å². The fourth-order valence-electron chi connectivity index (χ4n) is 4.64. The van der Waals surface area contributed by atoms with Crippen molar-refractivity contribution in [2.75, 3.05) is 7.05 Å². The number of nitrogens with zero attached hydrogens (tertiary/aromatic N) is 2. The quantitative estimate of drug-likeness (QED) is 0.800. The van der Waals surface area contributed by atoms with Crippen LogP contribution < -0.4 is 0 Å². The lowest BCUT2D eigenvalue weighted by Crippen LogP contribution is -2.44. The summed E-state index contributed by atoms with van der Waals surface area (Å²) in [5.41, 5.74) is 3.51. The van der Waals surface area contributed by atoms with E-state index in [1.807, 2.05) is 13.0 Å². The van der Waals surface area contributed by atoms with Gasteiger partial charge in [0.2, 0.25) is 0 Å². The normalized spacial score (nSPS) is 30.8. The molecule has 2 fully saturated rings. The van der Waals surface area contributed by atoms with Crippen LogP contribution >= 0.6 is 11.6 Å². The van der Waals surface area contributed by atoms with E-state index in [0.29, 0.717) is 23.9 Å². The van der Waals surface area contributed by atoms with E-state index in [0.717, 1.165) is 22.0 Å². The van der Waals surface area contributed by atoms with Gasteiger partial charge in [-0.3, -0.25) is 4.90 Å². The largest absolute Gasteiger partial charge is 0.361 e. The van der Waals surface area contributed by atoms with Gasteiger partial charge in [0.05, 0.1) is 5.69 Å². The number of hydrogen-bond donors (Lipinski definition) is 0. The zero-order valence-electron chi connectivity index (χ0n) is 13.9. The molecule has 2 bridgehead atoms. The van der Waals surface area contributed by atoms with Crippen molar-refractivity contribution in [3.63, 3.8) is 0 Å². The second-order valence-corrected chi connectivity index (χ2v) is 7.62. The molecule has 0 spiro atoms. The highest BCUT2D eigenvalue weighted by Crippen LogP contribution is 2.51. The maximum atomic E-state index is 6.23. The molecule has 2 saturated heterocycles. The Bertz CT molecular complexity index is 726. The average molecular weight is 331 g/mol. The third-order valence-electron chi connectivity index (χ3n) is 5.85. The summed E-state index contributed by atoms with van der Waals surface area (Å²) >= 11 is 6.23. The van der Waals surface area contributed by atoms with Crippen LogP contribution in [0.2, 0.25) is 5.02 Å². The van der Waals surface area contributed by atoms with Crippen molar-refractivity contribution in [1.82, 2.24) is 10.1 Å². The Hall–Kier alpha value is -1.32. The number of halogens is 1. The zero-order chi connectivity index (χ0) is 16.1. The molecule has 2 aliphatic rings. The molecule has 1 aromatic heterocycles. The molecular formula is C19H23ClN2O. The SMILES string of the molecule is Cc1cc([C@H]2C(c3ccc(Cl)c(C)c3)C[C@H]3CCC2N3C)on1. The molecular weight excluding hydrogens is 308 g/mol. The molecule has 4 heteroatoms. The fourth-order valence-corrected chi connectivity index (χ4v) is 4.75. The number of aromatic nitrogens is 1. The van der Waals surface area contributed by atoms with Gasteiger partial charge in [-0.1, -0.05) is 28.9 Å². The van der Waals surface area contributed by atoms with Crippen molar-refractivity contribution >= 4 is 11.6 Å². The fraction of sp³-hybridized carbons (Fsp3) is 0.526. The topological polar surface area (TPSA) is 29.3 Å². The summed E-state index contributed by atoms with van der Waals surface area (Å²) in [6, 6.07) is 9.83. The Morgan fingerprint density at radius 2 is 2.04 bits per heavy atom. The molecule has 4 rings (SSSR count).